The van der Waals surface area contributed by atoms with Gasteiger partial charge in [0.2, 0.25) is 0 Å². The molecule has 0 amide bonds. The predicted molar refractivity (Wildman–Crippen MR) is 128 cm³/mol. The Morgan fingerprint density at radius 2 is 1.94 bits per heavy atom. The monoisotopic (exact) mass is 446 g/mol. The second kappa shape index (κ2) is 8.84. The molecule has 172 valence electrons. The Bertz CT molecular complexity index is 1270. The fraction of sp³-hybridized carbons (Fsp3) is 0.440. The van der Waals surface area contributed by atoms with Crippen molar-refractivity contribution in [1.82, 2.24) is 24.4 Å². The molecule has 8 heteroatoms. The lowest BCUT2D eigenvalue weighted by Crippen LogP contribution is -2.27. The molecule has 0 atom stereocenters. The van der Waals surface area contributed by atoms with Gasteiger partial charge in [-0.2, -0.15) is 10.2 Å². The van der Waals surface area contributed by atoms with Crippen molar-refractivity contribution in [1.29, 1.82) is 0 Å². The van der Waals surface area contributed by atoms with Crippen molar-refractivity contribution in [3.05, 3.63) is 43.0 Å². The van der Waals surface area contributed by atoms with Crippen LogP contribution >= 0.6 is 0 Å². The first-order chi connectivity index (χ1) is 16.0. The van der Waals surface area contributed by atoms with Gasteiger partial charge in [-0.05, 0) is 69.2 Å². The maximum atomic E-state index is 11.6. The maximum absolute atomic E-state index is 11.6. The van der Waals surface area contributed by atoms with Crippen LogP contribution in [-0.2, 0) is 9.53 Å². The molecule has 1 saturated carbocycles. The molecule has 0 spiro atoms. The summed E-state index contributed by atoms with van der Waals surface area (Å²) in [5.74, 6) is 1.19. The molecule has 8 nitrogen and oxygen atoms in total. The van der Waals surface area contributed by atoms with Crippen molar-refractivity contribution in [2.24, 2.45) is 5.92 Å². The van der Waals surface area contributed by atoms with Crippen LogP contribution in [0.2, 0.25) is 0 Å². The van der Waals surface area contributed by atoms with E-state index in [0.717, 1.165) is 59.0 Å². The highest BCUT2D eigenvalue weighted by Gasteiger charge is 2.25. The smallest absolute Gasteiger partial charge is 0.305 e. The van der Waals surface area contributed by atoms with E-state index in [4.69, 9.17) is 14.9 Å². The van der Waals surface area contributed by atoms with Gasteiger partial charge < -0.3 is 10.1 Å². The Labute approximate surface area is 193 Å². The minimum Gasteiger partial charge on any atom is -0.469 e. The van der Waals surface area contributed by atoms with Crippen LogP contribution in [0.1, 0.15) is 52.0 Å². The maximum Gasteiger partial charge on any atom is 0.305 e. The minimum absolute atomic E-state index is 0.110. The third-order valence-corrected chi connectivity index (χ3v) is 6.67. The summed E-state index contributed by atoms with van der Waals surface area (Å²) < 4.78 is 8.86. The first-order valence-corrected chi connectivity index (χ1v) is 11.7. The van der Waals surface area contributed by atoms with Crippen LogP contribution in [-0.4, -0.2) is 43.5 Å². The zero-order chi connectivity index (χ0) is 22.9. The molecular formula is C25H30N6O2. The van der Waals surface area contributed by atoms with E-state index in [1.165, 1.54) is 7.11 Å². The van der Waals surface area contributed by atoms with E-state index in [0.29, 0.717) is 18.4 Å². The Morgan fingerprint density at radius 3 is 2.64 bits per heavy atom. The van der Waals surface area contributed by atoms with E-state index in [2.05, 4.69) is 41.1 Å². The van der Waals surface area contributed by atoms with Crippen LogP contribution in [0.25, 0.3) is 27.5 Å². The number of nitrogens with one attached hydrogen (secondary N) is 1. The molecule has 0 radical (unpaired) electrons. The number of aromatic nitrogens is 5. The molecular weight excluding hydrogens is 416 g/mol. The summed E-state index contributed by atoms with van der Waals surface area (Å²) >= 11 is 0. The predicted octanol–water partition coefficient (Wildman–Crippen LogP) is 4.86. The number of ether oxygens (including phenoxy) is 1. The largest absolute Gasteiger partial charge is 0.469 e. The van der Waals surface area contributed by atoms with Crippen molar-refractivity contribution < 1.29 is 9.53 Å². The van der Waals surface area contributed by atoms with Gasteiger partial charge in [-0.1, -0.05) is 0 Å². The van der Waals surface area contributed by atoms with Crippen molar-refractivity contribution in [3.63, 3.8) is 0 Å². The van der Waals surface area contributed by atoms with E-state index in [1.807, 2.05) is 22.8 Å². The standard InChI is InChI=1S/C25H30N6O2/c1-16(2)31-24-21(14-27-30-15-19(13-22(24)30)18-8-10-26-11-9-18)25(29-31)28-20-6-4-17(5-7-20)12-23(32)33-3/h8-11,13-17,20H,4-7,12H2,1-3H3,(H,28,29). The van der Waals surface area contributed by atoms with Crippen molar-refractivity contribution in [2.75, 3.05) is 12.4 Å². The Kier molecular flexibility index (Phi) is 5.74. The summed E-state index contributed by atoms with van der Waals surface area (Å²) in [5.41, 5.74) is 4.34. The lowest BCUT2D eigenvalue weighted by atomic mass is 9.84. The number of hydrogen-bond acceptors (Lipinski definition) is 6. The normalized spacial score (nSPS) is 18.8. The van der Waals surface area contributed by atoms with Crippen molar-refractivity contribution in [2.45, 2.75) is 58.0 Å². The van der Waals surface area contributed by atoms with E-state index in [9.17, 15) is 4.79 Å². The highest BCUT2D eigenvalue weighted by Crippen LogP contribution is 2.34. The molecule has 1 aliphatic rings. The first kappa shape index (κ1) is 21.4. The fourth-order valence-corrected chi connectivity index (χ4v) is 4.87. The molecule has 0 unspecified atom stereocenters. The molecule has 4 aromatic rings. The second-order valence-electron chi connectivity index (χ2n) is 9.23. The van der Waals surface area contributed by atoms with Gasteiger partial charge in [0.25, 0.3) is 0 Å². The molecule has 4 aromatic heterocycles. The van der Waals surface area contributed by atoms with Gasteiger partial charge in [0, 0.05) is 42.7 Å². The average Bonchev–Trinajstić information content (AvgIpc) is 3.42. The number of carbonyl (C=O) groups excluding carboxylic acids is 1. The summed E-state index contributed by atoms with van der Waals surface area (Å²) in [6, 6.07) is 6.75. The third-order valence-electron chi connectivity index (χ3n) is 6.67. The SMILES string of the molecule is COC(=O)CC1CCC(Nc2nn(C(C)C)c3c2cnn2cc(-c4ccncc4)cc32)CC1. The number of anilines is 1. The molecule has 4 heterocycles. The Balaban J connectivity index is 1.45. The van der Waals surface area contributed by atoms with Crippen LogP contribution in [0.5, 0.6) is 0 Å². The fourth-order valence-electron chi connectivity index (χ4n) is 4.87. The average molecular weight is 447 g/mol. The Hall–Kier alpha value is -3.42. The number of hydrogen-bond donors (Lipinski definition) is 1. The van der Waals surface area contributed by atoms with E-state index >= 15 is 0 Å². The molecule has 0 bridgehead atoms. The van der Waals surface area contributed by atoms with Crippen LogP contribution in [0, 0.1) is 5.92 Å². The Morgan fingerprint density at radius 1 is 1.18 bits per heavy atom. The molecule has 0 saturated heterocycles. The van der Waals surface area contributed by atoms with Gasteiger partial charge in [-0.15, -0.1) is 0 Å². The summed E-state index contributed by atoms with van der Waals surface area (Å²) in [7, 11) is 1.46. The van der Waals surface area contributed by atoms with Gasteiger partial charge in [0.1, 0.15) is 0 Å². The first-order valence-electron chi connectivity index (χ1n) is 11.7. The number of pyridine rings is 1. The van der Waals surface area contributed by atoms with Gasteiger partial charge in [0.05, 0.1) is 29.7 Å². The summed E-state index contributed by atoms with van der Waals surface area (Å²) in [6.45, 7) is 4.30. The zero-order valence-corrected chi connectivity index (χ0v) is 19.4. The van der Waals surface area contributed by atoms with E-state index in [-0.39, 0.29) is 12.0 Å². The molecule has 5 rings (SSSR count). The molecule has 0 aromatic carbocycles. The summed E-state index contributed by atoms with van der Waals surface area (Å²) in [4.78, 5) is 15.7. The quantitative estimate of drug-likeness (QED) is 0.426. The van der Waals surface area contributed by atoms with Gasteiger partial charge in [-0.3, -0.25) is 14.5 Å². The molecule has 0 aliphatic heterocycles. The van der Waals surface area contributed by atoms with Crippen LogP contribution in [0.3, 0.4) is 0 Å². The lowest BCUT2D eigenvalue weighted by molar-refractivity contribution is -0.142. The number of fused-ring (bicyclic) bond motifs is 3. The molecule has 1 N–H and O–H groups in total. The number of nitrogens with zero attached hydrogens (tertiary/aromatic N) is 5. The molecule has 33 heavy (non-hydrogen) atoms. The van der Waals surface area contributed by atoms with Crippen LogP contribution in [0.4, 0.5) is 5.82 Å². The molecule has 1 fully saturated rings. The van der Waals surface area contributed by atoms with Gasteiger partial charge in [-0.25, -0.2) is 4.52 Å². The second-order valence-corrected chi connectivity index (χ2v) is 9.23. The van der Waals surface area contributed by atoms with Crippen LogP contribution in [0.15, 0.2) is 43.0 Å². The number of methoxy groups -OCH3 is 1. The van der Waals surface area contributed by atoms with Crippen molar-refractivity contribution >= 4 is 28.2 Å². The van der Waals surface area contributed by atoms with Crippen LogP contribution < -0.4 is 5.32 Å². The highest BCUT2D eigenvalue weighted by atomic mass is 16.5. The third kappa shape index (κ3) is 4.17. The van der Waals surface area contributed by atoms with Gasteiger partial charge in [0.15, 0.2) is 5.82 Å². The molecule has 1 aliphatic carbocycles. The van der Waals surface area contributed by atoms with Gasteiger partial charge >= 0.3 is 5.97 Å². The highest BCUT2D eigenvalue weighted by molar-refractivity contribution is 6.00. The number of carbonyl (C=O) groups is 1. The summed E-state index contributed by atoms with van der Waals surface area (Å²) in [5, 5.41) is 14.4. The number of rotatable bonds is 6. The zero-order valence-electron chi connectivity index (χ0n) is 19.4. The number of esters is 1. The van der Waals surface area contributed by atoms with E-state index < -0.39 is 0 Å². The minimum atomic E-state index is -0.110. The lowest BCUT2D eigenvalue weighted by Gasteiger charge is -2.28. The van der Waals surface area contributed by atoms with Crippen molar-refractivity contribution in [3.8, 4) is 11.1 Å². The summed E-state index contributed by atoms with van der Waals surface area (Å²) in [6.07, 6.45) is 12.2. The topological polar surface area (TPSA) is 86.3 Å². The van der Waals surface area contributed by atoms with E-state index in [1.54, 1.807) is 12.4 Å².